The summed E-state index contributed by atoms with van der Waals surface area (Å²) in [4.78, 5) is 6.81. The Hall–Kier alpha value is -1.95. The number of ether oxygens (including phenoxy) is 2. The van der Waals surface area contributed by atoms with Crippen molar-refractivity contribution < 1.29 is 9.47 Å². The lowest BCUT2D eigenvalue weighted by molar-refractivity contribution is 0.194. The Bertz CT molecular complexity index is 599. The van der Waals surface area contributed by atoms with Gasteiger partial charge in [-0.15, -0.1) is 0 Å². The van der Waals surface area contributed by atoms with Crippen LogP contribution in [0.1, 0.15) is 38.5 Å². The van der Waals surface area contributed by atoms with Crippen molar-refractivity contribution in [2.24, 2.45) is 4.99 Å². The zero-order valence-electron chi connectivity index (χ0n) is 16.1. The topological polar surface area (TPSA) is 58.1 Å². The predicted octanol–water partition coefficient (Wildman–Crippen LogP) is 3.10. The number of likely N-dealkylation sites (N-methyl/N-ethyl adjacent to an activating group) is 1. The minimum atomic E-state index is 0.691. The van der Waals surface area contributed by atoms with Crippen LogP contribution in [0.2, 0.25) is 0 Å². The van der Waals surface area contributed by atoms with Gasteiger partial charge in [0.1, 0.15) is 0 Å². The molecule has 0 spiro atoms. The standard InChI is InChI=1S/C20H32N4O2/c1-21-20(22-11-12-24(2)17-7-4-3-5-8-17)23-16-9-10-18-19(15-16)26-14-6-13-25-18/h9-10,15,17H,3-8,11-14H2,1-2H3,(H2,21,22,23). The molecule has 2 N–H and O–H groups in total. The third-order valence-corrected chi connectivity index (χ3v) is 5.19. The second kappa shape index (κ2) is 9.67. The molecular weight excluding hydrogens is 328 g/mol. The van der Waals surface area contributed by atoms with E-state index in [0.29, 0.717) is 13.2 Å². The van der Waals surface area contributed by atoms with Crippen LogP contribution >= 0.6 is 0 Å². The number of guanidine groups is 1. The van der Waals surface area contributed by atoms with Gasteiger partial charge in [0.25, 0.3) is 0 Å². The number of rotatable bonds is 5. The lowest BCUT2D eigenvalue weighted by Gasteiger charge is -2.31. The second-order valence-electron chi connectivity index (χ2n) is 7.11. The summed E-state index contributed by atoms with van der Waals surface area (Å²) < 4.78 is 11.4. The highest BCUT2D eigenvalue weighted by Crippen LogP contribution is 2.32. The van der Waals surface area contributed by atoms with E-state index in [9.17, 15) is 0 Å². The van der Waals surface area contributed by atoms with Gasteiger partial charge in [-0.05, 0) is 32.0 Å². The van der Waals surface area contributed by atoms with Gasteiger partial charge in [-0.1, -0.05) is 19.3 Å². The van der Waals surface area contributed by atoms with Crippen molar-refractivity contribution in [3.05, 3.63) is 18.2 Å². The van der Waals surface area contributed by atoms with E-state index in [1.165, 1.54) is 32.1 Å². The van der Waals surface area contributed by atoms with Crippen molar-refractivity contribution in [3.63, 3.8) is 0 Å². The average Bonchev–Trinajstić information content (AvgIpc) is 2.92. The molecule has 1 aromatic carbocycles. The molecule has 1 aromatic rings. The fraction of sp³-hybridized carbons (Fsp3) is 0.650. The van der Waals surface area contributed by atoms with E-state index in [2.05, 4.69) is 27.6 Å². The van der Waals surface area contributed by atoms with Gasteiger partial charge in [-0.25, -0.2) is 0 Å². The Kier molecular flexibility index (Phi) is 7.00. The van der Waals surface area contributed by atoms with E-state index in [0.717, 1.165) is 48.7 Å². The van der Waals surface area contributed by atoms with Gasteiger partial charge in [-0.2, -0.15) is 0 Å². The number of nitrogens with zero attached hydrogens (tertiary/aromatic N) is 2. The molecule has 0 amide bonds. The first-order chi connectivity index (χ1) is 12.8. The van der Waals surface area contributed by atoms with Crippen LogP contribution in [0.5, 0.6) is 11.5 Å². The minimum Gasteiger partial charge on any atom is -0.490 e. The average molecular weight is 361 g/mol. The van der Waals surface area contributed by atoms with Crippen LogP contribution < -0.4 is 20.1 Å². The molecule has 2 aliphatic rings. The zero-order chi connectivity index (χ0) is 18.2. The third-order valence-electron chi connectivity index (χ3n) is 5.19. The molecule has 26 heavy (non-hydrogen) atoms. The molecule has 3 rings (SSSR count). The summed E-state index contributed by atoms with van der Waals surface area (Å²) in [5.41, 5.74) is 0.947. The maximum Gasteiger partial charge on any atom is 0.195 e. The molecule has 6 heteroatoms. The molecule has 0 unspecified atom stereocenters. The van der Waals surface area contributed by atoms with Crippen molar-refractivity contribution in [2.75, 3.05) is 45.7 Å². The van der Waals surface area contributed by atoms with Crippen LogP contribution in [0.4, 0.5) is 5.69 Å². The molecule has 1 heterocycles. The number of anilines is 1. The fourth-order valence-corrected chi connectivity index (χ4v) is 3.61. The van der Waals surface area contributed by atoms with E-state index in [1.54, 1.807) is 7.05 Å². The first-order valence-corrected chi connectivity index (χ1v) is 9.84. The number of hydrogen-bond acceptors (Lipinski definition) is 4. The Balaban J connectivity index is 1.48. The number of nitrogens with one attached hydrogen (secondary N) is 2. The minimum absolute atomic E-state index is 0.691. The van der Waals surface area contributed by atoms with Crippen LogP contribution in [0.3, 0.4) is 0 Å². The highest BCUT2D eigenvalue weighted by Gasteiger charge is 2.17. The van der Waals surface area contributed by atoms with Gasteiger partial charge in [0, 0.05) is 44.4 Å². The van der Waals surface area contributed by atoms with Crippen molar-refractivity contribution in [1.82, 2.24) is 10.2 Å². The normalized spacial score (nSPS) is 18.5. The smallest absolute Gasteiger partial charge is 0.195 e. The molecule has 0 atom stereocenters. The molecule has 0 aromatic heterocycles. The van der Waals surface area contributed by atoms with Gasteiger partial charge in [0.15, 0.2) is 17.5 Å². The van der Waals surface area contributed by atoms with Crippen molar-refractivity contribution >= 4 is 11.6 Å². The molecule has 0 saturated heterocycles. The monoisotopic (exact) mass is 360 g/mol. The van der Waals surface area contributed by atoms with E-state index in [-0.39, 0.29) is 0 Å². The van der Waals surface area contributed by atoms with E-state index in [1.807, 2.05) is 18.2 Å². The summed E-state index contributed by atoms with van der Waals surface area (Å²) in [5, 5.41) is 6.74. The summed E-state index contributed by atoms with van der Waals surface area (Å²) >= 11 is 0. The number of fused-ring (bicyclic) bond motifs is 1. The lowest BCUT2D eigenvalue weighted by Crippen LogP contribution is -2.41. The molecule has 144 valence electrons. The highest BCUT2D eigenvalue weighted by atomic mass is 16.5. The maximum absolute atomic E-state index is 5.75. The molecule has 1 saturated carbocycles. The quantitative estimate of drug-likeness (QED) is 0.624. The van der Waals surface area contributed by atoms with Gasteiger partial charge >= 0.3 is 0 Å². The summed E-state index contributed by atoms with van der Waals surface area (Å²) in [6, 6.07) is 6.66. The van der Waals surface area contributed by atoms with E-state index in [4.69, 9.17) is 9.47 Å². The van der Waals surface area contributed by atoms with Crippen LogP contribution in [-0.2, 0) is 0 Å². The van der Waals surface area contributed by atoms with E-state index >= 15 is 0 Å². The van der Waals surface area contributed by atoms with Crippen LogP contribution in [0.25, 0.3) is 0 Å². The number of benzene rings is 1. The highest BCUT2D eigenvalue weighted by molar-refractivity contribution is 5.93. The second-order valence-corrected chi connectivity index (χ2v) is 7.11. The largest absolute Gasteiger partial charge is 0.490 e. The molecule has 0 radical (unpaired) electrons. The van der Waals surface area contributed by atoms with Crippen molar-refractivity contribution in [3.8, 4) is 11.5 Å². The lowest BCUT2D eigenvalue weighted by atomic mass is 9.94. The van der Waals surface area contributed by atoms with Crippen LogP contribution in [0, 0.1) is 0 Å². The zero-order valence-corrected chi connectivity index (χ0v) is 16.1. The van der Waals surface area contributed by atoms with Crippen molar-refractivity contribution in [2.45, 2.75) is 44.6 Å². The first-order valence-electron chi connectivity index (χ1n) is 9.84. The van der Waals surface area contributed by atoms with Crippen molar-refractivity contribution in [1.29, 1.82) is 0 Å². The van der Waals surface area contributed by atoms with Crippen LogP contribution in [0.15, 0.2) is 23.2 Å². The van der Waals surface area contributed by atoms with Gasteiger partial charge < -0.3 is 25.0 Å². The molecule has 1 fully saturated rings. The van der Waals surface area contributed by atoms with E-state index < -0.39 is 0 Å². The molecule has 1 aliphatic heterocycles. The first kappa shape index (κ1) is 18.8. The number of aliphatic imine (C=N–C) groups is 1. The molecule has 1 aliphatic carbocycles. The Morgan fingerprint density at radius 3 is 2.65 bits per heavy atom. The van der Waals surface area contributed by atoms with Gasteiger partial charge in [0.2, 0.25) is 0 Å². The molecular formula is C20H32N4O2. The summed E-state index contributed by atoms with van der Waals surface area (Å²) in [6.07, 6.45) is 7.72. The fourth-order valence-electron chi connectivity index (χ4n) is 3.61. The number of hydrogen-bond donors (Lipinski definition) is 2. The summed E-state index contributed by atoms with van der Waals surface area (Å²) in [7, 11) is 4.03. The predicted molar refractivity (Wildman–Crippen MR) is 107 cm³/mol. The Labute approximate surface area is 157 Å². The van der Waals surface area contributed by atoms with Gasteiger partial charge in [-0.3, -0.25) is 4.99 Å². The Morgan fingerprint density at radius 2 is 1.88 bits per heavy atom. The maximum atomic E-state index is 5.75. The SMILES string of the molecule is CN=C(NCCN(C)C1CCCCC1)Nc1ccc2c(c1)OCCCO2. The molecule has 0 bridgehead atoms. The summed E-state index contributed by atoms with van der Waals surface area (Å²) in [5.74, 6) is 2.38. The molecule has 6 nitrogen and oxygen atoms in total. The van der Waals surface area contributed by atoms with Gasteiger partial charge in [0.05, 0.1) is 13.2 Å². The summed E-state index contributed by atoms with van der Waals surface area (Å²) in [6.45, 7) is 3.29. The Morgan fingerprint density at radius 1 is 1.12 bits per heavy atom. The van der Waals surface area contributed by atoms with Crippen LogP contribution in [-0.4, -0.2) is 57.3 Å². The third kappa shape index (κ3) is 5.27.